The van der Waals surface area contributed by atoms with E-state index in [1.54, 1.807) is 29.5 Å². The monoisotopic (exact) mass is 274 g/mol. The second-order valence-electron chi connectivity index (χ2n) is 3.82. The Labute approximate surface area is 115 Å². The van der Waals surface area contributed by atoms with Gasteiger partial charge in [0, 0.05) is 4.88 Å². The number of para-hydroxylation sites is 1. The van der Waals surface area contributed by atoms with Crippen LogP contribution in [0, 0.1) is 0 Å². The SMILES string of the molecule is COc1ccccc1C(=O)NN=C(C)c1cccs1. The van der Waals surface area contributed by atoms with Crippen LogP contribution in [-0.2, 0) is 0 Å². The molecule has 98 valence electrons. The average Bonchev–Trinajstić information content (AvgIpc) is 2.98. The molecule has 0 saturated carbocycles. The summed E-state index contributed by atoms with van der Waals surface area (Å²) in [7, 11) is 1.53. The van der Waals surface area contributed by atoms with E-state index in [4.69, 9.17) is 4.74 Å². The van der Waals surface area contributed by atoms with Crippen molar-refractivity contribution in [2.75, 3.05) is 7.11 Å². The van der Waals surface area contributed by atoms with Crippen LogP contribution in [0.1, 0.15) is 22.2 Å². The molecule has 4 nitrogen and oxygen atoms in total. The summed E-state index contributed by atoms with van der Waals surface area (Å²) in [5.74, 6) is 0.248. The number of ether oxygens (including phenoxy) is 1. The highest BCUT2D eigenvalue weighted by atomic mass is 32.1. The Balaban J connectivity index is 2.11. The molecule has 0 aliphatic heterocycles. The van der Waals surface area contributed by atoms with Crippen LogP contribution in [0.3, 0.4) is 0 Å². The molecule has 0 spiro atoms. The summed E-state index contributed by atoms with van der Waals surface area (Å²) >= 11 is 1.58. The molecule has 0 bridgehead atoms. The first kappa shape index (κ1) is 13.3. The molecule has 1 heterocycles. The standard InChI is InChI=1S/C14H14N2O2S/c1-10(13-8-5-9-19-13)15-16-14(17)11-6-3-4-7-12(11)18-2/h3-9H,1-2H3,(H,16,17). The van der Waals surface area contributed by atoms with Crippen molar-refractivity contribution in [1.29, 1.82) is 0 Å². The zero-order valence-electron chi connectivity index (χ0n) is 10.7. The Bertz CT molecular complexity index is 591. The van der Waals surface area contributed by atoms with Crippen LogP contribution in [0.25, 0.3) is 0 Å². The number of carbonyl (C=O) groups is 1. The van der Waals surface area contributed by atoms with Crippen molar-refractivity contribution in [2.24, 2.45) is 5.10 Å². The fourth-order valence-electron chi connectivity index (χ4n) is 1.57. The second kappa shape index (κ2) is 6.15. The lowest BCUT2D eigenvalue weighted by molar-refractivity contribution is 0.0952. The number of benzene rings is 1. The molecule has 0 aliphatic carbocycles. The van der Waals surface area contributed by atoms with Crippen molar-refractivity contribution in [3.05, 3.63) is 52.2 Å². The molecule has 1 amide bonds. The molecule has 0 fully saturated rings. The van der Waals surface area contributed by atoms with E-state index in [0.29, 0.717) is 11.3 Å². The van der Waals surface area contributed by atoms with Crippen LogP contribution in [-0.4, -0.2) is 18.7 Å². The number of hydrogen-bond acceptors (Lipinski definition) is 4. The van der Waals surface area contributed by atoms with Gasteiger partial charge in [0.05, 0.1) is 18.4 Å². The molecule has 0 saturated heterocycles. The molecule has 2 rings (SSSR count). The Hall–Kier alpha value is -2.14. The predicted octanol–water partition coefficient (Wildman–Crippen LogP) is 2.91. The first-order valence-electron chi connectivity index (χ1n) is 5.74. The minimum absolute atomic E-state index is 0.284. The van der Waals surface area contributed by atoms with Crippen molar-refractivity contribution in [3.8, 4) is 5.75 Å². The van der Waals surface area contributed by atoms with Crippen molar-refractivity contribution in [3.63, 3.8) is 0 Å². The lowest BCUT2D eigenvalue weighted by atomic mass is 10.2. The highest BCUT2D eigenvalue weighted by Gasteiger charge is 2.10. The quantitative estimate of drug-likeness (QED) is 0.688. The molecule has 0 radical (unpaired) electrons. The summed E-state index contributed by atoms with van der Waals surface area (Å²) in [5.41, 5.74) is 3.78. The van der Waals surface area contributed by atoms with E-state index in [2.05, 4.69) is 10.5 Å². The number of methoxy groups -OCH3 is 1. The summed E-state index contributed by atoms with van der Waals surface area (Å²) in [5, 5.41) is 6.06. The van der Waals surface area contributed by atoms with E-state index in [1.165, 1.54) is 7.11 Å². The Kier molecular flexibility index (Phi) is 4.30. The van der Waals surface area contributed by atoms with Gasteiger partial charge in [-0.3, -0.25) is 4.79 Å². The molecule has 1 aromatic carbocycles. The fourth-order valence-corrected chi connectivity index (χ4v) is 2.24. The van der Waals surface area contributed by atoms with Crippen LogP contribution in [0.5, 0.6) is 5.75 Å². The summed E-state index contributed by atoms with van der Waals surface area (Å²) in [6.45, 7) is 1.86. The number of nitrogens with zero attached hydrogens (tertiary/aromatic N) is 1. The molecular weight excluding hydrogens is 260 g/mol. The molecule has 2 aromatic rings. The topological polar surface area (TPSA) is 50.7 Å². The average molecular weight is 274 g/mol. The number of hydrazone groups is 1. The predicted molar refractivity (Wildman–Crippen MR) is 77.0 cm³/mol. The molecule has 19 heavy (non-hydrogen) atoms. The lowest BCUT2D eigenvalue weighted by Gasteiger charge is -2.06. The highest BCUT2D eigenvalue weighted by molar-refractivity contribution is 7.12. The van der Waals surface area contributed by atoms with Crippen LogP contribution in [0.15, 0.2) is 46.9 Å². The van der Waals surface area contributed by atoms with Gasteiger partial charge >= 0.3 is 0 Å². The normalized spacial score (nSPS) is 11.2. The number of carbonyl (C=O) groups excluding carboxylic acids is 1. The molecule has 0 unspecified atom stereocenters. The molecule has 5 heteroatoms. The third kappa shape index (κ3) is 3.20. The van der Waals surface area contributed by atoms with Crippen LogP contribution >= 0.6 is 11.3 Å². The fraction of sp³-hybridized carbons (Fsp3) is 0.143. The van der Waals surface area contributed by atoms with Gasteiger partial charge in [0.1, 0.15) is 5.75 Å². The van der Waals surface area contributed by atoms with Crippen molar-refractivity contribution in [2.45, 2.75) is 6.92 Å². The minimum Gasteiger partial charge on any atom is -0.496 e. The van der Waals surface area contributed by atoms with Gasteiger partial charge < -0.3 is 4.74 Å². The molecular formula is C14H14N2O2S. The van der Waals surface area contributed by atoms with E-state index < -0.39 is 0 Å². The lowest BCUT2D eigenvalue weighted by Crippen LogP contribution is -2.19. The number of nitrogens with one attached hydrogen (secondary N) is 1. The summed E-state index contributed by atoms with van der Waals surface area (Å²) in [4.78, 5) is 13.0. The van der Waals surface area contributed by atoms with Crippen LogP contribution < -0.4 is 10.2 Å². The Morgan fingerprint density at radius 3 is 2.74 bits per heavy atom. The molecule has 0 aliphatic rings. The van der Waals surface area contributed by atoms with Crippen LogP contribution in [0.2, 0.25) is 0 Å². The van der Waals surface area contributed by atoms with Gasteiger partial charge in [-0.2, -0.15) is 5.10 Å². The van der Waals surface area contributed by atoms with E-state index in [0.717, 1.165) is 10.6 Å². The van der Waals surface area contributed by atoms with Gasteiger partial charge in [0.25, 0.3) is 5.91 Å². The largest absolute Gasteiger partial charge is 0.496 e. The summed E-state index contributed by atoms with van der Waals surface area (Å²) < 4.78 is 5.14. The maximum absolute atomic E-state index is 12.0. The third-order valence-corrected chi connectivity index (χ3v) is 3.53. The summed E-state index contributed by atoms with van der Waals surface area (Å²) in [6.07, 6.45) is 0. The van der Waals surface area contributed by atoms with Gasteiger partial charge in [0.15, 0.2) is 0 Å². The van der Waals surface area contributed by atoms with Gasteiger partial charge in [0.2, 0.25) is 0 Å². The zero-order chi connectivity index (χ0) is 13.7. The van der Waals surface area contributed by atoms with Gasteiger partial charge in [-0.25, -0.2) is 5.43 Å². The molecule has 1 N–H and O–H groups in total. The smallest absolute Gasteiger partial charge is 0.275 e. The number of amides is 1. The van der Waals surface area contributed by atoms with Gasteiger partial charge in [-0.1, -0.05) is 18.2 Å². The van der Waals surface area contributed by atoms with E-state index in [-0.39, 0.29) is 5.91 Å². The van der Waals surface area contributed by atoms with Crippen LogP contribution in [0.4, 0.5) is 0 Å². The van der Waals surface area contributed by atoms with Gasteiger partial charge in [-0.05, 0) is 30.5 Å². The van der Waals surface area contributed by atoms with E-state index >= 15 is 0 Å². The van der Waals surface area contributed by atoms with Gasteiger partial charge in [-0.15, -0.1) is 11.3 Å². The summed E-state index contributed by atoms with van der Waals surface area (Å²) in [6, 6.07) is 10.9. The highest BCUT2D eigenvalue weighted by Crippen LogP contribution is 2.17. The first-order chi connectivity index (χ1) is 9.22. The molecule has 0 atom stereocenters. The first-order valence-corrected chi connectivity index (χ1v) is 6.62. The maximum atomic E-state index is 12.0. The number of rotatable bonds is 4. The third-order valence-electron chi connectivity index (χ3n) is 2.55. The second-order valence-corrected chi connectivity index (χ2v) is 4.76. The zero-order valence-corrected chi connectivity index (χ0v) is 11.5. The van der Waals surface area contributed by atoms with E-state index in [9.17, 15) is 4.79 Å². The molecule has 1 aromatic heterocycles. The maximum Gasteiger partial charge on any atom is 0.275 e. The Morgan fingerprint density at radius 2 is 2.05 bits per heavy atom. The number of hydrogen-bond donors (Lipinski definition) is 1. The van der Waals surface area contributed by atoms with Crippen molar-refractivity contribution >= 4 is 23.0 Å². The van der Waals surface area contributed by atoms with Crippen molar-refractivity contribution in [1.82, 2.24) is 5.43 Å². The minimum atomic E-state index is -0.284. The van der Waals surface area contributed by atoms with Crippen molar-refractivity contribution < 1.29 is 9.53 Å². The van der Waals surface area contributed by atoms with E-state index in [1.807, 2.05) is 30.5 Å². The Morgan fingerprint density at radius 1 is 1.26 bits per heavy atom. The number of thiophene rings is 1.